The van der Waals surface area contributed by atoms with E-state index in [0.29, 0.717) is 52.9 Å². The lowest BCUT2D eigenvalue weighted by Crippen LogP contribution is -2.40. The molecule has 0 bridgehead atoms. The topological polar surface area (TPSA) is 80.0 Å². The van der Waals surface area contributed by atoms with Gasteiger partial charge in [0.15, 0.2) is 5.58 Å². The number of rotatable bonds is 4. The van der Waals surface area contributed by atoms with Gasteiger partial charge in [0.05, 0.1) is 5.52 Å². The number of carbonyl (C=O) groups excluding carboxylic acids is 1. The largest absolute Gasteiger partial charge is 0.433 e. The van der Waals surface area contributed by atoms with E-state index < -0.39 is 11.9 Å². The van der Waals surface area contributed by atoms with E-state index in [1.807, 2.05) is 6.07 Å². The Morgan fingerprint density at radius 3 is 2.44 bits per heavy atom. The van der Waals surface area contributed by atoms with Crippen LogP contribution < -0.4 is 10.6 Å². The first-order valence-corrected chi connectivity index (χ1v) is 11.2. The Labute approximate surface area is 197 Å². The Bertz CT molecular complexity index is 1330. The van der Waals surface area contributed by atoms with Crippen molar-refractivity contribution >= 4 is 45.2 Å². The van der Waals surface area contributed by atoms with Gasteiger partial charge < -0.3 is 15.1 Å². The number of benzene rings is 2. The van der Waals surface area contributed by atoms with Gasteiger partial charge in [0.2, 0.25) is 0 Å². The van der Waals surface area contributed by atoms with E-state index >= 15 is 0 Å². The van der Waals surface area contributed by atoms with E-state index in [0.717, 1.165) is 6.07 Å². The molecule has 0 spiro atoms. The maximum atomic E-state index is 13.4. The maximum Gasteiger partial charge on any atom is 0.433 e. The molecule has 0 saturated heterocycles. The fraction of sp³-hybridized carbons (Fsp3) is 0.292. The SMILES string of the molecule is O=C(NC1CCC(Nc2cc(C(F)(F)F)nc3ccc(Cl)cc23)CC1)c1nc2ccccc2o1. The number of carbonyl (C=O) groups is 1. The van der Waals surface area contributed by atoms with Gasteiger partial charge in [-0.15, -0.1) is 0 Å². The summed E-state index contributed by atoms with van der Waals surface area (Å²) in [7, 11) is 0. The zero-order chi connectivity index (χ0) is 23.9. The predicted octanol–water partition coefficient (Wildman–Crippen LogP) is 6.20. The first kappa shape index (κ1) is 22.5. The van der Waals surface area contributed by atoms with Crippen molar-refractivity contribution in [2.75, 3.05) is 5.32 Å². The third-order valence-corrected chi connectivity index (χ3v) is 6.21. The second kappa shape index (κ2) is 8.79. The molecular weight excluding hydrogens is 469 g/mol. The molecule has 1 saturated carbocycles. The van der Waals surface area contributed by atoms with Gasteiger partial charge in [-0.1, -0.05) is 23.7 Å². The molecule has 1 amide bonds. The van der Waals surface area contributed by atoms with Crippen LogP contribution in [0.15, 0.2) is 52.9 Å². The fourth-order valence-electron chi connectivity index (χ4n) is 4.28. The van der Waals surface area contributed by atoms with E-state index in [1.165, 1.54) is 12.1 Å². The van der Waals surface area contributed by atoms with Crippen molar-refractivity contribution in [2.45, 2.75) is 43.9 Å². The van der Waals surface area contributed by atoms with E-state index in [-0.39, 0.29) is 29.4 Å². The number of anilines is 1. The number of pyridine rings is 1. The molecule has 6 nitrogen and oxygen atoms in total. The van der Waals surface area contributed by atoms with Gasteiger partial charge in [0, 0.05) is 28.2 Å². The Kier molecular flexibility index (Phi) is 5.81. The normalized spacial score (nSPS) is 18.8. The minimum absolute atomic E-state index is 0.0151. The van der Waals surface area contributed by atoms with Gasteiger partial charge in [0.25, 0.3) is 5.89 Å². The molecule has 5 rings (SSSR count). The van der Waals surface area contributed by atoms with E-state index in [1.54, 1.807) is 24.3 Å². The van der Waals surface area contributed by atoms with Crippen LogP contribution in [0.3, 0.4) is 0 Å². The van der Waals surface area contributed by atoms with Crippen LogP contribution in [-0.4, -0.2) is 28.0 Å². The second-order valence-corrected chi connectivity index (χ2v) is 8.80. The highest BCUT2D eigenvalue weighted by molar-refractivity contribution is 6.31. The zero-order valence-corrected chi connectivity index (χ0v) is 18.6. The molecule has 0 atom stereocenters. The van der Waals surface area contributed by atoms with Crippen LogP contribution in [0.4, 0.5) is 18.9 Å². The van der Waals surface area contributed by atoms with Crippen molar-refractivity contribution in [3.63, 3.8) is 0 Å². The number of fused-ring (bicyclic) bond motifs is 2. The van der Waals surface area contributed by atoms with Gasteiger partial charge in [-0.2, -0.15) is 13.2 Å². The van der Waals surface area contributed by atoms with Crippen LogP contribution in [0.1, 0.15) is 42.1 Å². The van der Waals surface area contributed by atoms with Crippen molar-refractivity contribution in [1.29, 1.82) is 0 Å². The van der Waals surface area contributed by atoms with E-state index in [2.05, 4.69) is 20.6 Å². The predicted molar refractivity (Wildman–Crippen MR) is 123 cm³/mol. The third-order valence-electron chi connectivity index (χ3n) is 5.97. The number of para-hydroxylation sites is 2. The number of nitrogens with one attached hydrogen (secondary N) is 2. The third kappa shape index (κ3) is 4.65. The zero-order valence-electron chi connectivity index (χ0n) is 17.8. The number of hydrogen-bond donors (Lipinski definition) is 2. The average Bonchev–Trinajstić information content (AvgIpc) is 3.24. The molecule has 34 heavy (non-hydrogen) atoms. The smallest absolute Gasteiger partial charge is 0.432 e. The van der Waals surface area contributed by atoms with Crippen LogP contribution in [-0.2, 0) is 6.18 Å². The molecule has 1 fully saturated rings. The van der Waals surface area contributed by atoms with Gasteiger partial charge in [-0.25, -0.2) is 9.97 Å². The highest BCUT2D eigenvalue weighted by Crippen LogP contribution is 2.35. The number of halogens is 4. The van der Waals surface area contributed by atoms with Gasteiger partial charge in [-0.3, -0.25) is 4.79 Å². The minimum Gasteiger partial charge on any atom is -0.432 e. The number of oxazole rings is 1. The molecule has 0 radical (unpaired) electrons. The first-order chi connectivity index (χ1) is 16.3. The van der Waals surface area contributed by atoms with Crippen molar-refractivity contribution < 1.29 is 22.4 Å². The molecule has 2 aromatic carbocycles. The average molecular weight is 489 g/mol. The Morgan fingerprint density at radius 1 is 0.971 bits per heavy atom. The number of alkyl halides is 3. The molecule has 2 N–H and O–H groups in total. The van der Waals surface area contributed by atoms with Crippen LogP contribution in [0.5, 0.6) is 0 Å². The standard InChI is InChI=1S/C24H20ClF3N4O2/c25-13-5-10-17-16(11-13)19(12-21(31-17)24(26,27)28)29-14-6-8-15(9-7-14)30-22(33)23-32-18-3-1-2-4-20(18)34-23/h1-5,10-12,14-15H,6-9H2,(H,29,31)(H,30,33). The van der Waals surface area contributed by atoms with Crippen LogP contribution >= 0.6 is 11.6 Å². The summed E-state index contributed by atoms with van der Waals surface area (Å²) in [4.78, 5) is 20.5. The minimum atomic E-state index is -4.56. The van der Waals surface area contributed by atoms with E-state index in [4.69, 9.17) is 16.0 Å². The highest BCUT2D eigenvalue weighted by Gasteiger charge is 2.34. The number of nitrogens with zero attached hydrogens (tertiary/aromatic N) is 2. The fourth-order valence-corrected chi connectivity index (χ4v) is 4.45. The second-order valence-electron chi connectivity index (χ2n) is 8.37. The van der Waals surface area contributed by atoms with E-state index in [9.17, 15) is 18.0 Å². The van der Waals surface area contributed by atoms with Gasteiger partial charge in [0.1, 0.15) is 11.2 Å². The van der Waals surface area contributed by atoms with Crippen molar-refractivity contribution in [1.82, 2.24) is 15.3 Å². The number of amides is 1. The van der Waals surface area contributed by atoms with Crippen molar-refractivity contribution in [3.8, 4) is 0 Å². The van der Waals surface area contributed by atoms with Gasteiger partial charge >= 0.3 is 12.1 Å². The number of aromatic nitrogens is 2. The molecule has 176 valence electrons. The summed E-state index contributed by atoms with van der Waals surface area (Å²) in [6.07, 6.45) is -1.88. The first-order valence-electron chi connectivity index (χ1n) is 10.9. The maximum absolute atomic E-state index is 13.4. The molecule has 10 heteroatoms. The lowest BCUT2D eigenvalue weighted by molar-refractivity contribution is -0.140. The van der Waals surface area contributed by atoms with Crippen LogP contribution in [0, 0.1) is 0 Å². The molecule has 4 aromatic rings. The molecule has 2 aromatic heterocycles. The molecule has 1 aliphatic rings. The molecule has 0 unspecified atom stereocenters. The lowest BCUT2D eigenvalue weighted by atomic mass is 9.90. The summed E-state index contributed by atoms with van der Waals surface area (Å²) in [5, 5.41) is 7.15. The lowest BCUT2D eigenvalue weighted by Gasteiger charge is -2.30. The summed E-state index contributed by atoms with van der Waals surface area (Å²) < 4.78 is 45.6. The van der Waals surface area contributed by atoms with Gasteiger partial charge in [-0.05, 0) is 62.1 Å². The Morgan fingerprint density at radius 2 is 1.71 bits per heavy atom. The Hall–Kier alpha value is -3.33. The van der Waals surface area contributed by atoms with Crippen LogP contribution in [0.25, 0.3) is 22.0 Å². The summed E-state index contributed by atoms with van der Waals surface area (Å²) in [6, 6.07) is 12.7. The molecule has 2 heterocycles. The summed E-state index contributed by atoms with van der Waals surface area (Å²) >= 11 is 6.08. The van der Waals surface area contributed by atoms with Crippen molar-refractivity contribution in [2.24, 2.45) is 0 Å². The Balaban J connectivity index is 1.26. The summed E-state index contributed by atoms with van der Waals surface area (Å²) in [5.74, 6) is -0.363. The summed E-state index contributed by atoms with van der Waals surface area (Å²) in [6.45, 7) is 0. The number of hydrogen-bond acceptors (Lipinski definition) is 5. The molecule has 0 aliphatic heterocycles. The quantitative estimate of drug-likeness (QED) is 0.357. The van der Waals surface area contributed by atoms with Crippen LogP contribution in [0.2, 0.25) is 5.02 Å². The summed E-state index contributed by atoms with van der Waals surface area (Å²) in [5.41, 5.74) is 0.774. The molecular formula is C24H20ClF3N4O2. The molecule has 1 aliphatic carbocycles. The highest BCUT2D eigenvalue weighted by atomic mass is 35.5. The monoisotopic (exact) mass is 488 g/mol. The van der Waals surface area contributed by atoms with Crippen molar-refractivity contribution in [3.05, 3.63) is 65.1 Å².